The molecule has 0 aliphatic carbocycles. The van der Waals surface area contributed by atoms with Crippen LogP contribution in [0.4, 0.5) is 24.8 Å². The molecule has 1 aromatic heterocycles. The first kappa shape index (κ1) is 23.3. The third-order valence-electron chi connectivity index (χ3n) is 5.80. The van der Waals surface area contributed by atoms with Gasteiger partial charge in [0.2, 0.25) is 5.95 Å². The minimum Gasteiger partial charge on any atom is -0.368 e. The normalized spacial score (nSPS) is 15.2. The minimum atomic E-state index is -4.39. The molecule has 0 spiro atoms. The Hall–Kier alpha value is -3.82. The molecule has 1 saturated heterocycles. The summed E-state index contributed by atoms with van der Waals surface area (Å²) >= 11 is 0. The molecule has 1 fully saturated rings. The largest absolute Gasteiger partial charge is 0.416 e. The molecule has 2 aromatic carbocycles. The number of aromatic amines is 1. The highest BCUT2D eigenvalue weighted by molar-refractivity contribution is 5.93. The third kappa shape index (κ3) is 5.22. The lowest BCUT2D eigenvalue weighted by molar-refractivity contribution is -0.137. The Morgan fingerprint density at radius 1 is 1.03 bits per heavy atom. The maximum Gasteiger partial charge on any atom is 0.416 e. The number of aromatic nitrogens is 2. The molecule has 34 heavy (non-hydrogen) atoms. The van der Waals surface area contributed by atoms with E-state index >= 15 is 0 Å². The standard InChI is InChI=1S/C24H24F3N5O2/c1-16(17-6-3-2-4-7-17)29-21(33)20-15-28-23(30-22(20)34)32-12-10-31(11-13-32)19-9-5-8-18(14-19)24(25,26)27/h2-9,14-16H,10-13H2,1H3,(H,29,33)(H,28,30,34)/t16-/m0/s1. The van der Waals surface area contributed by atoms with Gasteiger partial charge in [-0.1, -0.05) is 36.4 Å². The van der Waals surface area contributed by atoms with Crippen LogP contribution in [0.25, 0.3) is 0 Å². The van der Waals surface area contributed by atoms with Crippen LogP contribution in [0.1, 0.15) is 34.5 Å². The summed E-state index contributed by atoms with van der Waals surface area (Å²) in [4.78, 5) is 35.7. The van der Waals surface area contributed by atoms with E-state index in [0.717, 1.165) is 17.7 Å². The van der Waals surface area contributed by atoms with Gasteiger partial charge in [-0.05, 0) is 30.7 Å². The van der Waals surface area contributed by atoms with E-state index in [2.05, 4.69) is 15.3 Å². The Balaban J connectivity index is 1.39. The van der Waals surface area contributed by atoms with Crippen LogP contribution in [0.3, 0.4) is 0 Å². The summed E-state index contributed by atoms with van der Waals surface area (Å²) in [5.74, 6) is -0.202. The van der Waals surface area contributed by atoms with Gasteiger partial charge in [0.15, 0.2) is 0 Å². The van der Waals surface area contributed by atoms with E-state index in [9.17, 15) is 22.8 Å². The molecule has 10 heteroatoms. The molecule has 0 unspecified atom stereocenters. The highest BCUT2D eigenvalue weighted by Crippen LogP contribution is 2.32. The molecule has 2 heterocycles. The number of carbonyl (C=O) groups is 1. The second-order valence-corrected chi connectivity index (χ2v) is 8.08. The number of hydrogen-bond donors (Lipinski definition) is 2. The molecule has 0 bridgehead atoms. The van der Waals surface area contributed by atoms with Crippen LogP contribution in [-0.4, -0.2) is 42.1 Å². The van der Waals surface area contributed by atoms with Crippen molar-refractivity contribution >= 4 is 17.5 Å². The monoisotopic (exact) mass is 471 g/mol. The van der Waals surface area contributed by atoms with E-state index in [1.807, 2.05) is 47.1 Å². The third-order valence-corrected chi connectivity index (χ3v) is 5.80. The molecule has 2 N–H and O–H groups in total. The van der Waals surface area contributed by atoms with Gasteiger partial charge in [-0.2, -0.15) is 13.2 Å². The molecule has 0 saturated carbocycles. The van der Waals surface area contributed by atoms with E-state index in [1.165, 1.54) is 12.3 Å². The Morgan fingerprint density at radius 2 is 1.71 bits per heavy atom. The van der Waals surface area contributed by atoms with Crippen LogP contribution in [0.15, 0.2) is 65.6 Å². The number of hydrogen-bond acceptors (Lipinski definition) is 5. The van der Waals surface area contributed by atoms with Gasteiger partial charge in [-0.15, -0.1) is 0 Å². The van der Waals surface area contributed by atoms with Crippen LogP contribution < -0.4 is 20.7 Å². The second-order valence-electron chi connectivity index (χ2n) is 8.08. The van der Waals surface area contributed by atoms with Crippen molar-refractivity contribution in [1.29, 1.82) is 0 Å². The zero-order valence-corrected chi connectivity index (χ0v) is 18.5. The Bertz CT molecular complexity index is 1200. The molecule has 3 aromatic rings. The SMILES string of the molecule is C[C@H](NC(=O)c1cnc(N2CCN(c3cccc(C(F)(F)F)c3)CC2)[nH]c1=O)c1ccccc1. The number of H-pyrrole nitrogens is 1. The zero-order valence-electron chi connectivity index (χ0n) is 18.5. The van der Waals surface area contributed by atoms with Gasteiger partial charge in [-0.3, -0.25) is 14.6 Å². The molecule has 1 aliphatic heterocycles. The number of nitrogens with one attached hydrogen (secondary N) is 2. The van der Waals surface area contributed by atoms with Crippen molar-refractivity contribution in [1.82, 2.24) is 15.3 Å². The van der Waals surface area contributed by atoms with E-state index in [1.54, 1.807) is 6.07 Å². The molecule has 7 nitrogen and oxygen atoms in total. The summed E-state index contributed by atoms with van der Waals surface area (Å²) in [5.41, 5.74) is 0.0806. The maximum atomic E-state index is 13.0. The smallest absolute Gasteiger partial charge is 0.368 e. The average Bonchev–Trinajstić information content (AvgIpc) is 2.84. The van der Waals surface area contributed by atoms with E-state index in [0.29, 0.717) is 37.8 Å². The number of carbonyl (C=O) groups excluding carboxylic acids is 1. The fourth-order valence-electron chi connectivity index (χ4n) is 3.86. The van der Waals surface area contributed by atoms with E-state index in [4.69, 9.17) is 0 Å². The molecule has 1 atom stereocenters. The summed E-state index contributed by atoms with van der Waals surface area (Å²) in [7, 11) is 0. The van der Waals surface area contributed by atoms with Gasteiger partial charge in [0, 0.05) is 38.1 Å². The van der Waals surface area contributed by atoms with Gasteiger partial charge in [0.1, 0.15) is 5.56 Å². The Kier molecular flexibility index (Phi) is 6.58. The van der Waals surface area contributed by atoms with Crippen LogP contribution >= 0.6 is 0 Å². The summed E-state index contributed by atoms with van der Waals surface area (Å²) in [5, 5.41) is 2.79. The number of benzene rings is 2. The van der Waals surface area contributed by atoms with Crippen molar-refractivity contribution in [3.05, 3.63) is 87.8 Å². The highest BCUT2D eigenvalue weighted by Gasteiger charge is 2.31. The van der Waals surface area contributed by atoms with Crippen molar-refractivity contribution < 1.29 is 18.0 Å². The molecule has 1 amide bonds. The second kappa shape index (κ2) is 9.58. The van der Waals surface area contributed by atoms with Crippen molar-refractivity contribution in [2.75, 3.05) is 36.0 Å². The van der Waals surface area contributed by atoms with Crippen LogP contribution in [0.5, 0.6) is 0 Å². The highest BCUT2D eigenvalue weighted by atomic mass is 19.4. The molecule has 4 rings (SSSR count). The predicted molar refractivity (Wildman–Crippen MR) is 123 cm³/mol. The van der Waals surface area contributed by atoms with Crippen molar-refractivity contribution in [2.24, 2.45) is 0 Å². The number of amides is 1. The molecular weight excluding hydrogens is 447 g/mol. The quantitative estimate of drug-likeness (QED) is 0.594. The fraction of sp³-hybridized carbons (Fsp3) is 0.292. The van der Waals surface area contributed by atoms with Crippen LogP contribution in [-0.2, 0) is 6.18 Å². The predicted octanol–water partition coefficient (Wildman–Crippen LogP) is 3.61. The maximum absolute atomic E-state index is 13.0. The van der Waals surface area contributed by atoms with Crippen LogP contribution in [0.2, 0.25) is 0 Å². The summed E-state index contributed by atoms with van der Waals surface area (Å²) in [6.07, 6.45) is -3.14. The van der Waals surface area contributed by atoms with Crippen LogP contribution in [0, 0.1) is 0 Å². The number of anilines is 2. The summed E-state index contributed by atoms with van der Waals surface area (Å²) in [6, 6.07) is 14.3. The van der Waals surface area contributed by atoms with Gasteiger partial charge in [-0.25, -0.2) is 4.98 Å². The van der Waals surface area contributed by atoms with Gasteiger partial charge >= 0.3 is 6.18 Å². The average molecular weight is 471 g/mol. The van der Waals surface area contributed by atoms with E-state index < -0.39 is 23.2 Å². The molecule has 0 radical (unpaired) electrons. The number of rotatable bonds is 5. The van der Waals surface area contributed by atoms with Gasteiger partial charge < -0.3 is 15.1 Å². The number of alkyl halides is 3. The number of nitrogens with zero attached hydrogens (tertiary/aromatic N) is 3. The van der Waals surface area contributed by atoms with Crippen molar-refractivity contribution in [3.8, 4) is 0 Å². The molecular formula is C24H24F3N5O2. The van der Waals surface area contributed by atoms with E-state index in [-0.39, 0.29) is 11.6 Å². The lowest BCUT2D eigenvalue weighted by atomic mass is 10.1. The van der Waals surface area contributed by atoms with Crippen molar-refractivity contribution in [2.45, 2.75) is 19.1 Å². The summed E-state index contributed by atoms with van der Waals surface area (Å²) < 4.78 is 39.0. The first-order chi connectivity index (χ1) is 16.2. The number of piperazine rings is 1. The fourth-order valence-corrected chi connectivity index (χ4v) is 3.86. The molecule has 1 aliphatic rings. The van der Waals surface area contributed by atoms with Gasteiger partial charge in [0.25, 0.3) is 11.5 Å². The lowest BCUT2D eigenvalue weighted by Crippen LogP contribution is -2.47. The first-order valence-corrected chi connectivity index (χ1v) is 10.8. The zero-order chi connectivity index (χ0) is 24.3. The molecule has 178 valence electrons. The topological polar surface area (TPSA) is 81.3 Å². The number of halogens is 3. The Morgan fingerprint density at radius 3 is 2.35 bits per heavy atom. The Labute approximate surface area is 194 Å². The first-order valence-electron chi connectivity index (χ1n) is 10.8. The lowest BCUT2D eigenvalue weighted by Gasteiger charge is -2.36. The van der Waals surface area contributed by atoms with Gasteiger partial charge in [0.05, 0.1) is 11.6 Å². The van der Waals surface area contributed by atoms with Crippen molar-refractivity contribution in [3.63, 3.8) is 0 Å². The minimum absolute atomic E-state index is 0.0888. The summed E-state index contributed by atoms with van der Waals surface area (Å²) in [6.45, 7) is 3.66.